The highest BCUT2D eigenvalue weighted by atomic mass is 35.5. The largest absolute Gasteiger partial charge is 0.417 e. The fraction of sp³-hybridized carbons (Fsp3) is 0.500. The number of halogens is 4. The summed E-state index contributed by atoms with van der Waals surface area (Å²) in [6.07, 6.45) is -1.19. The van der Waals surface area contributed by atoms with Crippen LogP contribution < -0.4 is 4.72 Å². The van der Waals surface area contributed by atoms with Crippen LogP contribution in [0.1, 0.15) is 43.2 Å². The molecule has 2 aliphatic rings. The quantitative estimate of drug-likeness (QED) is 0.697. The predicted octanol–water partition coefficient (Wildman–Crippen LogP) is 3.64. The maximum atomic E-state index is 13.0. The molecule has 0 bridgehead atoms. The SMILES string of the molecule is CS(=O)(=O)OC1=C(c2ccc(C(F)(F)F)c(Cl)c2)S(=O)(=O)NC12CCCCC2. The Morgan fingerprint density at radius 2 is 1.79 bits per heavy atom. The van der Waals surface area contributed by atoms with Gasteiger partial charge >= 0.3 is 16.3 Å². The van der Waals surface area contributed by atoms with Crippen molar-refractivity contribution in [2.45, 2.75) is 43.8 Å². The lowest BCUT2D eigenvalue weighted by Crippen LogP contribution is -2.46. The van der Waals surface area contributed by atoms with E-state index in [1.54, 1.807) is 0 Å². The van der Waals surface area contributed by atoms with Crippen molar-refractivity contribution in [2.24, 2.45) is 0 Å². The molecule has 1 aromatic carbocycles. The summed E-state index contributed by atoms with van der Waals surface area (Å²) in [6, 6.07) is 2.45. The molecule has 0 unspecified atom stereocenters. The summed E-state index contributed by atoms with van der Waals surface area (Å²) in [6.45, 7) is 0. The molecule has 1 aliphatic carbocycles. The summed E-state index contributed by atoms with van der Waals surface area (Å²) < 4.78 is 95.7. The van der Waals surface area contributed by atoms with Crippen LogP contribution in [-0.2, 0) is 30.5 Å². The van der Waals surface area contributed by atoms with Crippen molar-refractivity contribution in [1.29, 1.82) is 0 Å². The summed E-state index contributed by atoms with van der Waals surface area (Å²) >= 11 is 5.73. The van der Waals surface area contributed by atoms with E-state index in [9.17, 15) is 30.0 Å². The van der Waals surface area contributed by atoms with Crippen molar-refractivity contribution in [1.82, 2.24) is 4.72 Å². The van der Waals surface area contributed by atoms with Crippen molar-refractivity contribution in [3.05, 3.63) is 40.1 Å². The highest BCUT2D eigenvalue weighted by molar-refractivity contribution is 7.99. The van der Waals surface area contributed by atoms with E-state index in [-0.39, 0.29) is 11.3 Å². The molecule has 0 amide bonds. The first-order valence-electron chi connectivity index (χ1n) is 8.31. The summed E-state index contributed by atoms with van der Waals surface area (Å²) in [5.74, 6) is -0.314. The lowest BCUT2D eigenvalue weighted by molar-refractivity contribution is -0.137. The van der Waals surface area contributed by atoms with Gasteiger partial charge in [0.25, 0.3) is 0 Å². The second-order valence-corrected chi connectivity index (χ2v) is 10.5. The molecule has 12 heteroatoms. The average Bonchev–Trinajstić information content (AvgIpc) is 2.71. The van der Waals surface area contributed by atoms with E-state index in [1.807, 2.05) is 0 Å². The monoisotopic (exact) mass is 459 g/mol. The summed E-state index contributed by atoms with van der Waals surface area (Å²) in [5, 5.41) is -0.698. The van der Waals surface area contributed by atoms with Gasteiger partial charge in [0, 0.05) is 0 Å². The molecule has 1 N–H and O–H groups in total. The summed E-state index contributed by atoms with van der Waals surface area (Å²) in [7, 11) is -8.33. The van der Waals surface area contributed by atoms with Gasteiger partial charge in [0.2, 0.25) is 10.0 Å². The van der Waals surface area contributed by atoms with Crippen LogP contribution in [0.25, 0.3) is 4.91 Å². The van der Waals surface area contributed by atoms with Crippen LogP contribution in [0.2, 0.25) is 5.02 Å². The smallest absolute Gasteiger partial charge is 0.384 e. The zero-order chi connectivity index (χ0) is 21.0. The second-order valence-electron chi connectivity index (χ2n) is 6.89. The zero-order valence-corrected chi connectivity index (χ0v) is 17.0. The minimum Gasteiger partial charge on any atom is -0.384 e. The van der Waals surface area contributed by atoms with Crippen molar-refractivity contribution in [2.75, 3.05) is 6.26 Å². The van der Waals surface area contributed by atoms with Gasteiger partial charge in [-0.05, 0) is 30.5 Å². The maximum absolute atomic E-state index is 13.0. The van der Waals surface area contributed by atoms with E-state index in [0.29, 0.717) is 31.7 Å². The fourth-order valence-corrected chi connectivity index (χ4v) is 6.34. The van der Waals surface area contributed by atoms with Crippen molar-refractivity contribution in [3.63, 3.8) is 0 Å². The summed E-state index contributed by atoms with van der Waals surface area (Å²) in [4.78, 5) is -0.504. The highest BCUT2D eigenvalue weighted by Crippen LogP contribution is 2.47. The first-order valence-corrected chi connectivity index (χ1v) is 12.0. The molecule has 1 spiro atoms. The van der Waals surface area contributed by atoms with Crippen LogP contribution in [0.4, 0.5) is 13.2 Å². The number of nitrogens with one attached hydrogen (secondary N) is 1. The molecule has 3 rings (SSSR count). The Morgan fingerprint density at radius 3 is 2.29 bits per heavy atom. The molecule has 28 heavy (non-hydrogen) atoms. The number of sulfonamides is 1. The van der Waals surface area contributed by atoms with E-state index in [2.05, 4.69) is 4.72 Å². The molecule has 1 saturated carbocycles. The molecule has 1 aliphatic heterocycles. The number of rotatable bonds is 3. The van der Waals surface area contributed by atoms with Crippen molar-refractivity contribution < 1.29 is 34.2 Å². The Morgan fingerprint density at radius 1 is 1.18 bits per heavy atom. The fourth-order valence-electron chi connectivity index (χ4n) is 3.62. The van der Waals surface area contributed by atoms with Gasteiger partial charge in [0.15, 0.2) is 5.76 Å². The van der Waals surface area contributed by atoms with Crippen molar-refractivity contribution in [3.8, 4) is 0 Å². The second kappa shape index (κ2) is 6.89. The molecule has 1 heterocycles. The van der Waals surface area contributed by atoms with Gasteiger partial charge in [-0.3, -0.25) is 0 Å². The Hall–Kier alpha value is -1.30. The lowest BCUT2D eigenvalue weighted by Gasteiger charge is -2.33. The Kier molecular flexibility index (Phi) is 5.27. The maximum Gasteiger partial charge on any atom is 0.417 e. The number of hydrogen-bond donors (Lipinski definition) is 1. The van der Waals surface area contributed by atoms with E-state index in [0.717, 1.165) is 24.8 Å². The minimum absolute atomic E-state index is 0.174. The molecule has 0 radical (unpaired) electrons. The Bertz CT molecular complexity index is 1040. The average molecular weight is 460 g/mol. The molecular weight excluding hydrogens is 443 g/mol. The Balaban J connectivity index is 2.25. The third kappa shape index (κ3) is 4.03. The van der Waals surface area contributed by atoms with Gasteiger partial charge < -0.3 is 4.18 Å². The van der Waals surface area contributed by atoms with E-state index in [1.165, 1.54) is 0 Å². The predicted molar refractivity (Wildman–Crippen MR) is 97.2 cm³/mol. The number of alkyl halides is 3. The van der Waals surface area contributed by atoms with Gasteiger partial charge in [0.1, 0.15) is 4.91 Å². The first-order chi connectivity index (χ1) is 12.8. The number of hydrogen-bond acceptors (Lipinski definition) is 5. The van der Waals surface area contributed by atoms with Crippen LogP contribution >= 0.6 is 11.6 Å². The van der Waals surface area contributed by atoms with Crippen molar-refractivity contribution >= 4 is 36.6 Å². The molecule has 0 saturated heterocycles. The molecule has 0 aromatic heterocycles. The van der Waals surface area contributed by atoms with E-state index >= 15 is 0 Å². The molecule has 6 nitrogen and oxygen atoms in total. The molecule has 0 atom stereocenters. The van der Waals surface area contributed by atoms with Crippen LogP contribution in [-0.4, -0.2) is 28.6 Å². The summed E-state index contributed by atoms with van der Waals surface area (Å²) in [5.41, 5.74) is -2.54. The van der Waals surface area contributed by atoms with Gasteiger partial charge in [0.05, 0.1) is 22.4 Å². The van der Waals surface area contributed by atoms with Gasteiger partial charge in [-0.2, -0.15) is 26.3 Å². The normalized spacial score (nSPS) is 21.9. The van der Waals surface area contributed by atoms with Gasteiger partial charge in [-0.25, -0.2) is 8.42 Å². The highest BCUT2D eigenvalue weighted by Gasteiger charge is 2.52. The zero-order valence-electron chi connectivity index (χ0n) is 14.6. The van der Waals surface area contributed by atoms with Crippen LogP contribution in [0.5, 0.6) is 0 Å². The van der Waals surface area contributed by atoms with Crippen LogP contribution in [0.15, 0.2) is 24.0 Å². The topological polar surface area (TPSA) is 89.5 Å². The molecule has 1 fully saturated rings. The van der Waals surface area contributed by atoms with E-state index in [4.69, 9.17) is 15.8 Å². The third-order valence-electron chi connectivity index (χ3n) is 4.72. The third-order valence-corrected chi connectivity index (χ3v) is 7.12. The number of benzene rings is 1. The van der Waals surface area contributed by atoms with Crippen LogP contribution in [0.3, 0.4) is 0 Å². The Labute approximate surface area is 165 Å². The first kappa shape index (κ1) is 21.4. The van der Waals surface area contributed by atoms with Gasteiger partial charge in [-0.1, -0.05) is 36.9 Å². The van der Waals surface area contributed by atoms with E-state index < -0.39 is 47.3 Å². The molecule has 156 valence electrons. The standard InChI is InChI=1S/C16H17ClF3NO5S2/c1-27(22,23)26-14-13(10-5-6-11(12(17)9-10)16(18,19)20)28(24,25)21-15(14)7-3-2-4-8-15/h5-6,9,21H,2-4,7-8H2,1H3. The lowest BCUT2D eigenvalue weighted by atomic mass is 9.80. The minimum atomic E-state index is -4.71. The van der Waals surface area contributed by atoms with Gasteiger partial charge in [-0.15, -0.1) is 0 Å². The molecular formula is C16H17ClF3NO5S2. The molecule has 1 aromatic rings. The van der Waals surface area contributed by atoms with Crippen LogP contribution in [0, 0.1) is 0 Å².